The van der Waals surface area contributed by atoms with E-state index in [1.165, 1.54) is 46.8 Å². The van der Waals surface area contributed by atoms with Crippen molar-refractivity contribution >= 4 is 16.9 Å². The van der Waals surface area contributed by atoms with E-state index in [2.05, 4.69) is 4.98 Å². The number of carbonyl (C=O) groups is 1. The molecular formula is C25H23FN4O5. The predicted octanol–water partition coefficient (Wildman–Crippen LogP) is 2.56. The van der Waals surface area contributed by atoms with Gasteiger partial charge in [0.05, 0.1) is 38.3 Å². The first-order chi connectivity index (χ1) is 17.0. The largest absolute Gasteiger partial charge is 0.497 e. The molecular weight excluding hydrogens is 455 g/mol. The molecule has 1 aliphatic heterocycles. The third kappa shape index (κ3) is 4.28. The van der Waals surface area contributed by atoms with E-state index in [0.29, 0.717) is 23.6 Å². The molecule has 2 aromatic carbocycles. The van der Waals surface area contributed by atoms with Gasteiger partial charge in [-0.05, 0) is 49.2 Å². The average Bonchev–Trinajstić information content (AvgIpc) is 3.53. The van der Waals surface area contributed by atoms with Gasteiger partial charge in [-0.3, -0.25) is 14.2 Å². The Morgan fingerprint density at radius 1 is 1.20 bits per heavy atom. The fraction of sp³-hybridized carbons (Fsp3) is 0.280. The van der Waals surface area contributed by atoms with Crippen LogP contribution in [0, 0.1) is 5.82 Å². The molecule has 0 saturated carbocycles. The lowest BCUT2D eigenvalue weighted by Gasteiger charge is -2.15. The SMILES string of the molecule is COc1cccc(C(=O)Cn2cnc3c2c(=O)n(CC2CCCO2)c(=O)n3-c2ccc(F)cc2)c1. The first kappa shape index (κ1) is 22.7. The summed E-state index contributed by atoms with van der Waals surface area (Å²) in [6, 6.07) is 12.1. The van der Waals surface area contributed by atoms with Crippen LogP contribution in [-0.4, -0.2) is 44.3 Å². The summed E-state index contributed by atoms with van der Waals surface area (Å²) < 4.78 is 28.2. The minimum absolute atomic E-state index is 0.0732. The topological polar surface area (TPSA) is 97.4 Å². The number of hydrogen-bond acceptors (Lipinski definition) is 6. The smallest absolute Gasteiger partial charge is 0.337 e. The molecule has 1 atom stereocenters. The Kier molecular flexibility index (Phi) is 6.04. The van der Waals surface area contributed by atoms with Crippen molar-refractivity contribution in [2.24, 2.45) is 0 Å². The Labute approximate surface area is 199 Å². The van der Waals surface area contributed by atoms with Gasteiger partial charge in [-0.1, -0.05) is 12.1 Å². The Bertz CT molecular complexity index is 1510. The van der Waals surface area contributed by atoms with Crippen LogP contribution in [0.2, 0.25) is 0 Å². The van der Waals surface area contributed by atoms with Gasteiger partial charge in [-0.15, -0.1) is 0 Å². The van der Waals surface area contributed by atoms with Gasteiger partial charge in [0.25, 0.3) is 5.56 Å². The lowest BCUT2D eigenvalue weighted by Crippen LogP contribution is -2.42. The molecule has 0 amide bonds. The van der Waals surface area contributed by atoms with Crippen LogP contribution in [0.15, 0.2) is 64.4 Å². The minimum atomic E-state index is -0.603. The van der Waals surface area contributed by atoms with E-state index in [0.717, 1.165) is 17.4 Å². The molecule has 1 aliphatic rings. The summed E-state index contributed by atoms with van der Waals surface area (Å²) in [4.78, 5) is 44.3. The van der Waals surface area contributed by atoms with Crippen LogP contribution in [0.25, 0.3) is 16.9 Å². The zero-order valence-electron chi connectivity index (χ0n) is 19.0. The maximum atomic E-state index is 13.6. The van der Waals surface area contributed by atoms with Gasteiger partial charge in [0.2, 0.25) is 0 Å². The van der Waals surface area contributed by atoms with Gasteiger partial charge in [0.15, 0.2) is 16.9 Å². The number of benzene rings is 2. The first-order valence-corrected chi connectivity index (χ1v) is 11.2. The molecule has 0 bridgehead atoms. The second-order valence-electron chi connectivity index (χ2n) is 8.35. The highest BCUT2D eigenvalue weighted by Crippen LogP contribution is 2.18. The van der Waals surface area contributed by atoms with E-state index in [9.17, 15) is 18.8 Å². The highest BCUT2D eigenvalue weighted by molar-refractivity contribution is 5.96. The summed E-state index contributed by atoms with van der Waals surface area (Å²) in [6.07, 6.45) is 2.67. The summed E-state index contributed by atoms with van der Waals surface area (Å²) in [5.74, 6) is -0.177. The predicted molar refractivity (Wildman–Crippen MR) is 126 cm³/mol. The first-order valence-electron chi connectivity index (χ1n) is 11.2. The van der Waals surface area contributed by atoms with Gasteiger partial charge in [-0.2, -0.15) is 0 Å². The molecule has 4 aromatic rings. The molecule has 0 spiro atoms. The Balaban J connectivity index is 1.65. The van der Waals surface area contributed by atoms with Crippen LogP contribution in [0.3, 0.4) is 0 Å². The number of methoxy groups -OCH3 is 1. The lowest BCUT2D eigenvalue weighted by atomic mass is 10.1. The Hall–Kier alpha value is -4.05. The number of rotatable bonds is 7. The number of ketones is 1. The summed E-state index contributed by atoms with van der Waals surface area (Å²) in [5.41, 5.74) is -0.204. The zero-order chi connectivity index (χ0) is 24.5. The van der Waals surface area contributed by atoms with E-state index in [1.807, 2.05) is 0 Å². The van der Waals surface area contributed by atoms with Gasteiger partial charge in [0.1, 0.15) is 11.6 Å². The number of nitrogens with zero attached hydrogens (tertiary/aromatic N) is 4. The summed E-state index contributed by atoms with van der Waals surface area (Å²) in [5, 5.41) is 0. The maximum absolute atomic E-state index is 13.6. The van der Waals surface area contributed by atoms with Gasteiger partial charge in [0, 0.05) is 12.2 Å². The number of carbonyl (C=O) groups excluding carboxylic acids is 1. The Morgan fingerprint density at radius 3 is 2.71 bits per heavy atom. The van der Waals surface area contributed by atoms with Crippen molar-refractivity contribution in [3.05, 3.63) is 87.1 Å². The van der Waals surface area contributed by atoms with E-state index >= 15 is 0 Å². The van der Waals surface area contributed by atoms with Gasteiger partial charge in [-0.25, -0.2) is 18.7 Å². The fourth-order valence-electron chi connectivity index (χ4n) is 4.32. The van der Waals surface area contributed by atoms with Crippen molar-refractivity contribution in [3.63, 3.8) is 0 Å². The molecule has 1 saturated heterocycles. The summed E-state index contributed by atoms with van der Waals surface area (Å²) in [6.45, 7) is 0.477. The highest BCUT2D eigenvalue weighted by Gasteiger charge is 2.24. The van der Waals surface area contributed by atoms with Crippen molar-refractivity contribution < 1.29 is 18.7 Å². The molecule has 35 heavy (non-hydrogen) atoms. The van der Waals surface area contributed by atoms with Crippen LogP contribution in [0.1, 0.15) is 23.2 Å². The van der Waals surface area contributed by atoms with E-state index < -0.39 is 17.1 Å². The number of aromatic nitrogens is 4. The molecule has 0 radical (unpaired) electrons. The monoisotopic (exact) mass is 478 g/mol. The van der Waals surface area contributed by atoms with Crippen LogP contribution in [0.4, 0.5) is 4.39 Å². The molecule has 0 N–H and O–H groups in total. The molecule has 2 aromatic heterocycles. The second kappa shape index (κ2) is 9.30. The van der Waals surface area contributed by atoms with Crippen LogP contribution in [-0.2, 0) is 17.8 Å². The third-order valence-corrected chi connectivity index (χ3v) is 6.10. The van der Waals surface area contributed by atoms with E-state index in [4.69, 9.17) is 9.47 Å². The maximum Gasteiger partial charge on any atom is 0.337 e. The zero-order valence-corrected chi connectivity index (χ0v) is 19.0. The summed E-state index contributed by atoms with van der Waals surface area (Å²) in [7, 11) is 1.51. The number of fused-ring (bicyclic) bond motifs is 1. The molecule has 5 rings (SSSR count). The summed E-state index contributed by atoms with van der Waals surface area (Å²) >= 11 is 0. The molecule has 9 nitrogen and oxygen atoms in total. The van der Waals surface area contributed by atoms with Crippen LogP contribution in [0.5, 0.6) is 5.75 Å². The fourth-order valence-corrected chi connectivity index (χ4v) is 4.32. The highest BCUT2D eigenvalue weighted by atomic mass is 19.1. The molecule has 1 unspecified atom stereocenters. The van der Waals surface area contributed by atoms with E-state index in [1.54, 1.807) is 24.3 Å². The second-order valence-corrected chi connectivity index (χ2v) is 8.35. The molecule has 3 heterocycles. The average molecular weight is 478 g/mol. The number of Topliss-reactive ketones (excluding diaryl/α,β-unsaturated/α-hetero) is 1. The quantitative estimate of drug-likeness (QED) is 0.379. The van der Waals surface area contributed by atoms with E-state index in [-0.39, 0.29) is 36.1 Å². The molecule has 0 aliphatic carbocycles. The lowest BCUT2D eigenvalue weighted by molar-refractivity contribution is 0.0947. The van der Waals surface area contributed by atoms with Crippen molar-refractivity contribution in [2.45, 2.75) is 32.0 Å². The van der Waals surface area contributed by atoms with Crippen molar-refractivity contribution in [2.75, 3.05) is 13.7 Å². The molecule has 180 valence electrons. The van der Waals surface area contributed by atoms with Crippen molar-refractivity contribution in [1.29, 1.82) is 0 Å². The van der Waals surface area contributed by atoms with Crippen molar-refractivity contribution in [3.8, 4) is 11.4 Å². The van der Waals surface area contributed by atoms with Crippen LogP contribution < -0.4 is 16.0 Å². The normalized spacial score (nSPS) is 15.5. The van der Waals surface area contributed by atoms with Crippen molar-refractivity contribution in [1.82, 2.24) is 18.7 Å². The van der Waals surface area contributed by atoms with Gasteiger partial charge >= 0.3 is 5.69 Å². The number of hydrogen-bond donors (Lipinski definition) is 0. The number of halogens is 1. The minimum Gasteiger partial charge on any atom is -0.497 e. The number of ether oxygens (including phenoxy) is 2. The van der Waals surface area contributed by atoms with Crippen LogP contribution >= 0.6 is 0 Å². The molecule has 10 heteroatoms. The Morgan fingerprint density at radius 2 is 2.00 bits per heavy atom. The van der Waals surface area contributed by atoms with Gasteiger partial charge < -0.3 is 14.0 Å². The standard InChI is InChI=1S/C25H23FN4O5/c1-34-19-5-2-4-16(12-19)21(31)14-28-15-27-23-22(28)24(32)29(13-20-6-3-11-35-20)25(33)30(23)18-9-7-17(26)8-10-18/h2,4-5,7-10,12,15,20H,3,6,11,13-14H2,1H3. The third-order valence-electron chi connectivity index (χ3n) is 6.10. The number of imidazole rings is 1. The molecule has 1 fully saturated rings.